The first kappa shape index (κ1) is 17.0. The Morgan fingerprint density at radius 1 is 1.23 bits per heavy atom. The Morgan fingerprint density at radius 2 is 1.86 bits per heavy atom. The SMILES string of the molecule is O=C(COc1c(Cl)cccc1Cl)Nc1c(F)cc(F)cc1Br. The van der Waals surface area contributed by atoms with E-state index >= 15 is 0 Å². The number of hydrogen-bond donors (Lipinski definition) is 1. The van der Waals surface area contributed by atoms with Crippen molar-refractivity contribution in [3.05, 3.63) is 56.5 Å². The topological polar surface area (TPSA) is 38.3 Å². The quantitative estimate of drug-likeness (QED) is 0.765. The smallest absolute Gasteiger partial charge is 0.262 e. The highest BCUT2D eigenvalue weighted by Gasteiger charge is 2.14. The summed E-state index contributed by atoms with van der Waals surface area (Å²) in [5.74, 6) is -2.17. The number of ether oxygens (including phenoxy) is 1. The molecule has 0 fully saturated rings. The molecule has 0 aliphatic carbocycles. The Kier molecular flexibility index (Phi) is 5.61. The van der Waals surface area contributed by atoms with Crippen molar-refractivity contribution in [3.63, 3.8) is 0 Å². The van der Waals surface area contributed by atoms with Crippen LogP contribution in [0.2, 0.25) is 10.0 Å². The lowest BCUT2D eigenvalue weighted by Gasteiger charge is -2.11. The number of halogens is 5. The average Bonchev–Trinajstić information content (AvgIpc) is 2.42. The minimum Gasteiger partial charge on any atom is -0.481 e. The molecule has 0 radical (unpaired) electrons. The highest BCUT2D eigenvalue weighted by molar-refractivity contribution is 9.10. The number of anilines is 1. The first-order valence-corrected chi connectivity index (χ1v) is 7.44. The van der Waals surface area contributed by atoms with Gasteiger partial charge in [-0.2, -0.15) is 0 Å². The third-order valence-electron chi connectivity index (χ3n) is 2.54. The van der Waals surface area contributed by atoms with Gasteiger partial charge in [-0.3, -0.25) is 4.79 Å². The van der Waals surface area contributed by atoms with Crippen LogP contribution in [-0.4, -0.2) is 12.5 Å². The number of benzene rings is 2. The highest BCUT2D eigenvalue weighted by atomic mass is 79.9. The van der Waals surface area contributed by atoms with Crippen LogP contribution in [-0.2, 0) is 4.79 Å². The number of nitrogens with one attached hydrogen (secondary N) is 1. The second kappa shape index (κ2) is 7.26. The standard InChI is InChI=1S/C14H8BrCl2F2NO2/c15-8-4-7(18)5-11(19)13(8)20-12(21)6-22-14-9(16)2-1-3-10(14)17/h1-5H,6H2,(H,20,21). The lowest BCUT2D eigenvalue weighted by Crippen LogP contribution is -2.21. The van der Waals surface area contributed by atoms with Crippen LogP contribution in [0.3, 0.4) is 0 Å². The molecule has 0 aliphatic heterocycles. The number of carbonyl (C=O) groups excluding carboxylic acids is 1. The summed E-state index contributed by atoms with van der Waals surface area (Å²) in [5, 5.41) is 2.77. The molecule has 3 nitrogen and oxygen atoms in total. The molecule has 2 aromatic rings. The van der Waals surface area contributed by atoms with Crippen LogP contribution in [0.5, 0.6) is 5.75 Å². The van der Waals surface area contributed by atoms with E-state index in [4.69, 9.17) is 27.9 Å². The van der Waals surface area contributed by atoms with E-state index in [2.05, 4.69) is 21.2 Å². The Morgan fingerprint density at radius 3 is 2.45 bits per heavy atom. The van der Waals surface area contributed by atoms with Crippen molar-refractivity contribution in [2.75, 3.05) is 11.9 Å². The van der Waals surface area contributed by atoms with Gasteiger partial charge in [0.1, 0.15) is 5.82 Å². The molecule has 1 amide bonds. The van der Waals surface area contributed by atoms with Gasteiger partial charge in [-0.15, -0.1) is 0 Å². The van der Waals surface area contributed by atoms with Crippen LogP contribution in [0.15, 0.2) is 34.8 Å². The number of rotatable bonds is 4. The summed E-state index contributed by atoms with van der Waals surface area (Å²) in [4.78, 5) is 11.8. The van der Waals surface area contributed by atoms with Crippen LogP contribution in [0.25, 0.3) is 0 Å². The average molecular weight is 411 g/mol. The third kappa shape index (κ3) is 4.09. The first-order chi connectivity index (χ1) is 10.4. The predicted molar refractivity (Wildman–Crippen MR) is 84.6 cm³/mol. The zero-order chi connectivity index (χ0) is 16.3. The van der Waals surface area contributed by atoms with Crippen molar-refractivity contribution < 1.29 is 18.3 Å². The molecule has 0 spiro atoms. The molecule has 0 saturated carbocycles. The van der Waals surface area contributed by atoms with Crippen molar-refractivity contribution >= 4 is 50.7 Å². The molecule has 22 heavy (non-hydrogen) atoms. The van der Waals surface area contributed by atoms with Gasteiger partial charge in [0.05, 0.1) is 15.7 Å². The van der Waals surface area contributed by atoms with Gasteiger partial charge in [0.2, 0.25) is 0 Å². The summed E-state index contributed by atoms with van der Waals surface area (Å²) in [7, 11) is 0. The molecule has 0 atom stereocenters. The van der Waals surface area contributed by atoms with Crippen LogP contribution in [0, 0.1) is 11.6 Å². The van der Waals surface area contributed by atoms with Gasteiger partial charge in [-0.05, 0) is 34.1 Å². The van der Waals surface area contributed by atoms with E-state index in [9.17, 15) is 13.6 Å². The molecule has 0 bridgehead atoms. The number of carbonyl (C=O) groups is 1. The van der Waals surface area contributed by atoms with Crippen molar-refractivity contribution in [1.82, 2.24) is 0 Å². The van der Waals surface area contributed by atoms with E-state index in [1.165, 1.54) is 0 Å². The van der Waals surface area contributed by atoms with E-state index < -0.39 is 24.1 Å². The zero-order valence-electron chi connectivity index (χ0n) is 10.8. The normalized spacial score (nSPS) is 10.4. The van der Waals surface area contributed by atoms with Gasteiger partial charge in [-0.25, -0.2) is 8.78 Å². The molecule has 0 aromatic heterocycles. The molecule has 0 heterocycles. The molecule has 116 valence electrons. The van der Waals surface area contributed by atoms with Gasteiger partial charge in [-0.1, -0.05) is 29.3 Å². The van der Waals surface area contributed by atoms with Crippen LogP contribution < -0.4 is 10.1 Å². The van der Waals surface area contributed by atoms with Gasteiger partial charge in [0.25, 0.3) is 5.91 Å². The van der Waals surface area contributed by atoms with Crippen molar-refractivity contribution in [2.24, 2.45) is 0 Å². The Bertz CT molecular complexity index is 685. The summed E-state index contributed by atoms with van der Waals surface area (Å²) in [6.07, 6.45) is 0. The van der Waals surface area contributed by atoms with Crippen LogP contribution in [0.4, 0.5) is 14.5 Å². The monoisotopic (exact) mass is 409 g/mol. The highest BCUT2D eigenvalue weighted by Crippen LogP contribution is 2.32. The fraction of sp³-hybridized carbons (Fsp3) is 0.0714. The Balaban J connectivity index is 2.05. The van der Waals surface area contributed by atoms with Crippen molar-refractivity contribution in [2.45, 2.75) is 0 Å². The van der Waals surface area contributed by atoms with Gasteiger partial charge < -0.3 is 10.1 Å². The van der Waals surface area contributed by atoms with E-state index in [-0.39, 0.29) is 26.0 Å². The number of hydrogen-bond acceptors (Lipinski definition) is 2. The maximum absolute atomic E-state index is 13.6. The minimum atomic E-state index is -0.906. The zero-order valence-corrected chi connectivity index (χ0v) is 13.9. The van der Waals surface area contributed by atoms with Gasteiger partial charge >= 0.3 is 0 Å². The molecule has 8 heteroatoms. The second-order valence-electron chi connectivity index (χ2n) is 4.13. The maximum atomic E-state index is 13.6. The summed E-state index contributed by atoms with van der Waals surface area (Å²) >= 11 is 14.7. The van der Waals surface area contributed by atoms with E-state index in [1.807, 2.05) is 0 Å². The van der Waals surface area contributed by atoms with Gasteiger partial charge in [0.15, 0.2) is 18.2 Å². The van der Waals surface area contributed by atoms with Crippen molar-refractivity contribution in [3.8, 4) is 5.75 Å². The fourth-order valence-electron chi connectivity index (χ4n) is 1.60. The summed E-state index contributed by atoms with van der Waals surface area (Å²) in [6, 6.07) is 6.42. The maximum Gasteiger partial charge on any atom is 0.262 e. The molecule has 0 unspecified atom stereocenters. The fourth-order valence-corrected chi connectivity index (χ4v) is 2.61. The number of amides is 1. The first-order valence-electron chi connectivity index (χ1n) is 5.89. The summed E-state index contributed by atoms with van der Waals surface area (Å²) < 4.78 is 31.9. The lowest BCUT2D eigenvalue weighted by atomic mass is 10.3. The molecule has 0 saturated heterocycles. The van der Waals surface area contributed by atoms with E-state index in [1.54, 1.807) is 18.2 Å². The third-order valence-corrected chi connectivity index (χ3v) is 3.76. The Labute approximate surface area is 143 Å². The van der Waals surface area contributed by atoms with E-state index in [0.717, 1.165) is 6.07 Å². The lowest BCUT2D eigenvalue weighted by molar-refractivity contribution is -0.118. The minimum absolute atomic E-state index is 0.0779. The molecule has 0 aliphatic rings. The van der Waals surface area contributed by atoms with Crippen LogP contribution in [0.1, 0.15) is 0 Å². The second-order valence-corrected chi connectivity index (χ2v) is 5.80. The Hall–Kier alpha value is -1.37. The predicted octanol–water partition coefficient (Wildman–Crippen LogP) is 5.05. The molecular formula is C14H8BrCl2F2NO2. The van der Waals surface area contributed by atoms with E-state index in [0.29, 0.717) is 6.07 Å². The van der Waals surface area contributed by atoms with Crippen molar-refractivity contribution in [1.29, 1.82) is 0 Å². The largest absolute Gasteiger partial charge is 0.481 e. The van der Waals surface area contributed by atoms with Crippen LogP contribution >= 0.6 is 39.1 Å². The molecule has 2 rings (SSSR count). The summed E-state index contributed by atoms with van der Waals surface area (Å²) in [5.41, 5.74) is -0.180. The molecular weight excluding hydrogens is 403 g/mol. The molecule has 1 N–H and O–H groups in total. The molecule has 2 aromatic carbocycles. The number of para-hydroxylation sites is 1. The summed E-state index contributed by atoms with van der Waals surface area (Å²) in [6.45, 7) is -0.438. The van der Waals surface area contributed by atoms with Gasteiger partial charge in [0, 0.05) is 10.5 Å².